The molecule has 0 saturated heterocycles. The summed E-state index contributed by atoms with van der Waals surface area (Å²) in [6.45, 7) is 0. The molecule has 1 amide bonds. The first-order chi connectivity index (χ1) is 10.5. The minimum Gasteiger partial charge on any atom is -0.330 e. The van der Waals surface area contributed by atoms with Crippen molar-refractivity contribution in [3.05, 3.63) is 41.2 Å². The zero-order chi connectivity index (χ0) is 15.9. The molecule has 112 valence electrons. The normalized spacial score (nSPS) is 10.9. The van der Waals surface area contributed by atoms with Crippen molar-refractivity contribution in [2.45, 2.75) is 0 Å². The Hall–Kier alpha value is -3.03. The SMILES string of the molecule is CN(C)C(=O)n1c(=O)n(C)c2nc(-c3cccnc3)ncc21. The Morgan fingerprint density at radius 2 is 2.05 bits per heavy atom. The molecule has 8 nitrogen and oxygen atoms in total. The van der Waals surface area contributed by atoms with Crippen LogP contribution in [-0.2, 0) is 7.05 Å². The van der Waals surface area contributed by atoms with E-state index in [2.05, 4.69) is 15.0 Å². The van der Waals surface area contributed by atoms with Crippen LogP contribution in [0.15, 0.2) is 35.5 Å². The minimum absolute atomic E-state index is 0.374. The smallest absolute Gasteiger partial charge is 0.330 e. The number of nitrogens with zero attached hydrogens (tertiary/aromatic N) is 6. The van der Waals surface area contributed by atoms with Gasteiger partial charge in [-0.25, -0.2) is 24.1 Å². The Kier molecular flexibility index (Phi) is 3.21. The van der Waals surface area contributed by atoms with Crippen LogP contribution in [0.25, 0.3) is 22.6 Å². The van der Waals surface area contributed by atoms with Crippen molar-refractivity contribution in [3.63, 3.8) is 0 Å². The van der Waals surface area contributed by atoms with Crippen molar-refractivity contribution in [2.75, 3.05) is 14.1 Å². The van der Waals surface area contributed by atoms with E-state index >= 15 is 0 Å². The fraction of sp³-hybridized carbons (Fsp3) is 0.214. The molecule has 8 heteroatoms. The fourth-order valence-electron chi connectivity index (χ4n) is 2.13. The second kappa shape index (κ2) is 5.06. The van der Waals surface area contributed by atoms with Gasteiger partial charge in [-0.2, -0.15) is 0 Å². The van der Waals surface area contributed by atoms with Crippen LogP contribution in [0.2, 0.25) is 0 Å². The van der Waals surface area contributed by atoms with Gasteiger partial charge < -0.3 is 4.90 Å². The second-order valence-corrected chi connectivity index (χ2v) is 5.00. The van der Waals surface area contributed by atoms with Gasteiger partial charge in [0.05, 0.1) is 6.20 Å². The summed E-state index contributed by atoms with van der Waals surface area (Å²) in [5.41, 5.74) is 1.06. The van der Waals surface area contributed by atoms with Gasteiger partial charge in [0.25, 0.3) is 0 Å². The summed E-state index contributed by atoms with van der Waals surface area (Å²) in [7, 11) is 4.74. The summed E-state index contributed by atoms with van der Waals surface area (Å²) in [5, 5.41) is 0. The molecule has 0 bridgehead atoms. The molecule has 0 atom stereocenters. The van der Waals surface area contributed by atoms with Crippen molar-refractivity contribution in [1.82, 2.24) is 29.0 Å². The zero-order valence-corrected chi connectivity index (χ0v) is 12.4. The summed E-state index contributed by atoms with van der Waals surface area (Å²) in [6.07, 6.45) is 4.78. The van der Waals surface area contributed by atoms with Crippen LogP contribution in [-0.4, -0.2) is 49.1 Å². The summed E-state index contributed by atoms with van der Waals surface area (Å²) in [6, 6.07) is 3.17. The first-order valence-electron chi connectivity index (χ1n) is 6.57. The monoisotopic (exact) mass is 298 g/mol. The third kappa shape index (κ3) is 2.05. The van der Waals surface area contributed by atoms with Gasteiger partial charge in [0, 0.05) is 39.1 Å². The molecule has 3 aromatic heterocycles. The first kappa shape index (κ1) is 13.9. The lowest BCUT2D eigenvalue weighted by atomic mass is 10.3. The average Bonchev–Trinajstić information content (AvgIpc) is 2.78. The summed E-state index contributed by atoms with van der Waals surface area (Å²) < 4.78 is 2.39. The van der Waals surface area contributed by atoms with Crippen LogP contribution in [0.3, 0.4) is 0 Å². The van der Waals surface area contributed by atoms with E-state index in [0.29, 0.717) is 17.0 Å². The van der Waals surface area contributed by atoms with E-state index < -0.39 is 11.7 Å². The number of fused-ring (bicyclic) bond motifs is 1. The zero-order valence-electron chi connectivity index (χ0n) is 12.4. The number of hydrogen-bond acceptors (Lipinski definition) is 5. The molecule has 0 radical (unpaired) electrons. The highest BCUT2D eigenvalue weighted by molar-refractivity contribution is 5.87. The highest BCUT2D eigenvalue weighted by Gasteiger charge is 2.20. The fourth-order valence-corrected chi connectivity index (χ4v) is 2.13. The molecule has 0 aliphatic carbocycles. The van der Waals surface area contributed by atoms with Gasteiger partial charge in [-0.3, -0.25) is 9.55 Å². The Bertz CT molecular complexity index is 910. The minimum atomic E-state index is -0.452. The predicted octanol–water partition coefficient (Wildman–Crippen LogP) is 0.722. The molecule has 3 heterocycles. The number of aryl methyl sites for hydroxylation is 1. The Morgan fingerprint density at radius 1 is 1.27 bits per heavy atom. The first-order valence-corrected chi connectivity index (χ1v) is 6.57. The molecule has 0 aliphatic rings. The van der Waals surface area contributed by atoms with Crippen molar-refractivity contribution >= 4 is 17.2 Å². The van der Waals surface area contributed by atoms with E-state index in [9.17, 15) is 9.59 Å². The van der Waals surface area contributed by atoms with Gasteiger partial charge in [0.2, 0.25) is 0 Å². The second-order valence-electron chi connectivity index (χ2n) is 5.00. The number of carbonyl (C=O) groups is 1. The van der Waals surface area contributed by atoms with Crippen LogP contribution in [0.1, 0.15) is 0 Å². The van der Waals surface area contributed by atoms with Gasteiger partial charge in [-0.1, -0.05) is 0 Å². The summed E-state index contributed by atoms with van der Waals surface area (Å²) >= 11 is 0. The Labute approximate surface area is 125 Å². The molecular weight excluding hydrogens is 284 g/mol. The van der Waals surface area contributed by atoms with Crippen LogP contribution in [0, 0.1) is 0 Å². The molecule has 22 heavy (non-hydrogen) atoms. The number of rotatable bonds is 1. The van der Waals surface area contributed by atoms with E-state index in [1.807, 2.05) is 6.07 Å². The van der Waals surface area contributed by atoms with E-state index in [0.717, 1.165) is 10.1 Å². The Balaban J connectivity index is 2.25. The maximum Gasteiger partial charge on any atom is 0.338 e. The third-order valence-electron chi connectivity index (χ3n) is 3.28. The van der Waals surface area contributed by atoms with E-state index in [4.69, 9.17) is 0 Å². The molecule has 3 rings (SSSR count). The van der Waals surface area contributed by atoms with Crippen molar-refractivity contribution in [2.24, 2.45) is 7.05 Å². The van der Waals surface area contributed by atoms with Crippen molar-refractivity contribution in [1.29, 1.82) is 0 Å². The highest BCUT2D eigenvalue weighted by Crippen LogP contribution is 2.16. The number of imidazole rings is 1. The number of aromatic nitrogens is 5. The molecule has 0 unspecified atom stereocenters. The third-order valence-corrected chi connectivity index (χ3v) is 3.28. The highest BCUT2D eigenvalue weighted by atomic mass is 16.2. The quantitative estimate of drug-likeness (QED) is 0.661. The molecule has 0 spiro atoms. The topological polar surface area (TPSA) is 85.9 Å². The lowest BCUT2D eigenvalue weighted by Gasteiger charge is -2.09. The van der Waals surface area contributed by atoms with Crippen LogP contribution < -0.4 is 5.69 Å². The largest absolute Gasteiger partial charge is 0.338 e. The lowest BCUT2D eigenvalue weighted by molar-refractivity contribution is 0.219. The van der Waals surface area contributed by atoms with Crippen LogP contribution in [0.4, 0.5) is 4.79 Å². The van der Waals surface area contributed by atoms with Gasteiger partial charge in [-0.05, 0) is 12.1 Å². The Morgan fingerprint density at radius 3 is 2.68 bits per heavy atom. The summed E-state index contributed by atoms with van der Waals surface area (Å²) in [5.74, 6) is 0.450. The average molecular weight is 298 g/mol. The molecule has 0 saturated carbocycles. The van der Waals surface area contributed by atoms with E-state index in [-0.39, 0.29) is 0 Å². The van der Waals surface area contributed by atoms with Crippen molar-refractivity contribution in [3.8, 4) is 11.4 Å². The molecule has 0 N–H and O–H groups in total. The van der Waals surface area contributed by atoms with E-state index in [1.165, 1.54) is 15.7 Å². The molecule has 3 aromatic rings. The van der Waals surface area contributed by atoms with Gasteiger partial charge >= 0.3 is 11.7 Å². The number of pyridine rings is 1. The number of amides is 1. The number of hydrogen-bond donors (Lipinski definition) is 0. The van der Waals surface area contributed by atoms with E-state index in [1.54, 1.807) is 39.6 Å². The van der Waals surface area contributed by atoms with Crippen LogP contribution in [0.5, 0.6) is 0 Å². The number of carbonyl (C=O) groups excluding carboxylic acids is 1. The van der Waals surface area contributed by atoms with Gasteiger partial charge in [-0.15, -0.1) is 0 Å². The van der Waals surface area contributed by atoms with Gasteiger partial charge in [0.15, 0.2) is 11.5 Å². The molecule has 0 aliphatic heterocycles. The maximum atomic E-state index is 12.3. The molecule has 0 aromatic carbocycles. The summed E-state index contributed by atoms with van der Waals surface area (Å²) in [4.78, 5) is 38.4. The molecular formula is C14H14N6O2. The predicted molar refractivity (Wildman–Crippen MR) is 80.5 cm³/mol. The standard InChI is InChI=1S/C14H14N6O2/c1-18(2)13(21)20-10-8-16-11(9-5-4-6-15-7-9)17-12(10)19(3)14(20)22/h4-8H,1-3H3. The maximum absolute atomic E-state index is 12.3. The van der Waals surface area contributed by atoms with Crippen molar-refractivity contribution < 1.29 is 4.79 Å². The lowest BCUT2D eigenvalue weighted by Crippen LogP contribution is -2.35. The van der Waals surface area contributed by atoms with Gasteiger partial charge in [0.1, 0.15) is 5.52 Å². The molecule has 0 fully saturated rings. The van der Waals surface area contributed by atoms with Crippen LogP contribution >= 0.6 is 0 Å².